The highest BCUT2D eigenvalue weighted by Crippen LogP contribution is 2.27. The first-order chi connectivity index (χ1) is 8.52. The Balaban J connectivity index is 2.16. The highest BCUT2D eigenvalue weighted by molar-refractivity contribution is 9.10. The van der Waals surface area contributed by atoms with Crippen molar-refractivity contribution in [3.63, 3.8) is 0 Å². The van der Waals surface area contributed by atoms with Crippen LogP contribution in [0.3, 0.4) is 0 Å². The van der Waals surface area contributed by atoms with Crippen LogP contribution in [0.2, 0.25) is 0 Å². The monoisotopic (exact) mass is 311 g/mol. The van der Waals surface area contributed by atoms with Gasteiger partial charge >= 0.3 is 0 Å². The van der Waals surface area contributed by atoms with Crippen LogP contribution in [0.25, 0.3) is 0 Å². The molecule has 1 aliphatic rings. The molecule has 1 heterocycles. The van der Waals surface area contributed by atoms with Crippen molar-refractivity contribution in [2.75, 3.05) is 25.5 Å². The average molecular weight is 312 g/mol. The fraction of sp³-hybridized carbons (Fsp3) is 0.462. The molecule has 0 bridgehead atoms. The zero-order valence-electron chi connectivity index (χ0n) is 10.4. The molecule has 0 atom stereocenters. The predicted octanol–water partition coefficient (Wildman–Crippen LogP) is 1.81. The molecule has 4 nitrogen and oxygen atoms in total. The zero-order chi connectivity index (χ0) is 13.2. The van der Waals surface area contributed by atoms with Crippen LogP contribution in [0.4, 0.5) is 5.69 Å². The van der Waals surface area contributed by atoms with Gasteiger partial charge in [0.15, 0.2) is 0 Å². The molecule has 5 heteroatoms. The fourth-order valence-corrected chi connectivity index (χ4v) is 2.51. The number of primary amides is 1. The van der Waals surface area contributed by atoms with E-state index in [1.807, 2.05) is 24.3 Å². The largest absolute Gasteiger partial charge is 0.371 e. The summed E-state index contributed by atoms with van der Waals surface area (Å²) in [5.41, 5.74) is 5.92. The number of piperidine rings is 1. The maximum atomic E-state index is 11.8. The molecule has 18 heavy (non-hydrogen) atoms. The molecular formula is C13H18BrN3O. The highest BCUT2D eigenvalue weighted by atomic mass is 79.9. The zero-order valence-corrected chi connectivity index (χ0v) is 12.0. The number of nitrogens with one attached hydrogen (secondary N) is 1. The van der Waals surface area contributed by atoms with E-state index in [2.05, 4.69) is 33.2 Å². The van der Waals surface area contributed by atoms with Gasteiger partial charge < -0.3 is 16.0 Å². The minimum Gasteiger partial charge on any atom is -0.371 e. The van der Waals surface area contributed by atoms with Gasteiger partial charge in [0.1, 0.15) is 5.54 Å². The third-order valence-corrected chi connectivity index (χ3v) is 4.07. The molecule has 1 aromatic carbocycles. The molecule has 98 valence electrons. The molecular weight excluding hydrogens is 294 g/mol. The second kappa shape index (κ2) is 5.28. The molecule has 0 spiro atoms. The maximum Gasteiger partial charge on any atom is 0.243 e. The fourth-order valence-electron chi connectivity index (χ4n) is 2.24. The predicted molar refractivity (Wildman–Crippen MR) is 76.4 cm³/mol. The Morgan fingerprint density at radius 1 is 1.33 bits per heavy atom. The summed E-state index contributed by atoms with van der Waals surface area (Å²) in [5, 5.41) is 3.32. The molecule has 1 amide bonds. The van der Waals surface area contributed by atoms with Crippen LogP contribution in [0.1, 0.15) is 12.8 Å². The molecule has 1 aliphatic heterocycles. The molecule has 0 radical (unpaired) electrons. The number of nitrogens with zero attached hydrogens (tertiary/aromatic N) is 1. The van der Waals surface area contributed by atoms with E-state index in [0.717, 1.165) is 36.1 Å². The van der Waals surface area contributed by atoms with E-state index >= 15 is 0 Å². The molecule has 0 aromatic heterocycles. The Morgan fingerprint density at radius 3 is 2.39 bits per heavy atom. The summed E-state index contributed by atoms with van der Waals surface area (Å²) in [6.07, 6.45) is 1.49. The number of hydrogen-bond acceptors (Lipinski definition) is 3. The normalized spacial score (nSPS) is 19.4. The van der Waals surface area contributed by atoms with Crippen molar-refractivity contribution < 1.29 is 4.79 Å². The van der Waals surface area contributed by atoms with Crippen LogP contribution in [0.15, 0.2) is 28.7 Å². The van der Waals surface area contributed by atoms with Crippen molar-refractivity contribution in [3.05, 3.63) is 28.7 Å². The van der Waals surface area contributed by atoms with Gasteiger partial charge in [0.2, 0.25) is 5.91 Å². The van der Waals surface area contributed by atoms with Gasteiger partial charge in [-0.1, -0.05) is 15.9 Å². The van der Waals surface area contributed by atoms with Crippen LogP contribution in [-0.4, -0.2) is 36.5 Å². The first-order valence-corrected chi connectivity index (χ1v) is 6.83. The smallest absolute Gasteiger partial charge is 0.243 e. The van der Waals surface area contributed by atoms with Gasteiger partial charge in [-0.15, -0.1) is 0 Å². The van der Waals surface area contributed by atoms with Crippen LogP contribution < -0.4 is 11.1 Å². The minimum absolute atomic E-state index is 0.265. The topological polar surface area (TPSA) is 58.4 Å². The second-order valence-corrected chi connectivity index (χ2v) is 5.80. The van der Waals surface area contributed by atoms with E-state index in [1.165, 1.54) is 0 Å². The molecule has 0 saturated carbocycles. The first kappa shape index (κ1) is 13.4. The summed E-state index contributed by atoms with van der Waals surface area (Å²) in [6, 6.07) is 7.80. The van der Waals surface area contributed by atoms with Crippen molar-refractivity contribution in [3.8, 4) is 0 Å². The van der Waals surface area contributed by atoms with Crippen LogP contribution >= 0.6 is 15.9 Å². The minimum atomic E-state index is -0.611. The van der Waals surface area contributed by atoms with Crippen LogP contribution in [-0.2, 0) is 4.79 Å². The number of amides is 1. The van der Waals surface area contributed by atoms with Gasteiger partial charge in [-0.05, 0) is 44.2 Å². The van der Waals surface area contributed by atoms with Gasteiger partial charge in [0.05, 0.1) is 0 Å². The Kier molecular flexibility index (Phi) is 3.92. The standard InChI is InChI=1S/C13H18BrN3O/c1-17-8-6-13(7-9-17,12(15)18)16-11-4-2-10(14)3-5-11/h2-5,16H,6-9H2,1H3,(H2,15,18). The number of carbonyl (C=O) groups is 1. The van der Waals surface area contributed by atoms with Gasteiger partial charge in [-0.3, -0.25) is 4.79 Å². The quantitative estimate of drug-likeness (QED) is 0.895. The van der Waals surface area contributed by atoms with Crippen molar-refractivity contribution >= 4 is 27.5 Å². The number of hydrogen-bond donors (Lipinski definition) is 2. The Morgan fingerprint density at radius 2 is 1.89 bits per heavy atom. The average Bonchev–Trinajstić information content (AvgIpc) is 2.35. The molecule has 3 N–H and O–H groups in total. The second-order valence-electron chi connectivity index (χ2n) is 4.88. The molecule has 0 unspecified atom stereocenters. The summed E-state index contributed by atoms with van der Waals surface area (Å²) in [7, 11) is 2.06. The lowest BCUT2D eigenvalue weighted by Crippen LogP contribution is -2.56. The van der Waals surface area contributed by atoms with E-state index in [9.17, 15) is 4.79 Å². The number of anilines is 1. The lowest BCUT2D eigenvalue weighted by molar-refractivity contribution is -0.123. The van der Waals surface area contributed by atoms with Crippen molar-refractivity contribution in [1.29, 1.82) is 0 Å². The van der Waals surface area contributed by atoms with E-state index in [1.54, 1.807) is 0 Å². The Hall–Kier alpha value is -1.07. The number of carbonyl (C=O) groups excluding carboxylic acids is 1. The van der Waals surface area contributed by atoms with Crippen LogP contribution in [0.5, 0.6) is 0 Å². The van der Waals surface area contributed by atoms with E-state index in [0.29, 0.717) is 0 Å². The lowest BCUT2D eigenvalue weighted by atomic mass is 9.86. The summed E-state index contributed by atoms with van der Waals surface area (Å²) in [6.45, 7) is 1.76. The van der Waals surface area contributed by atoms with Crippen molar-refractivity contribution in [1.82, 2.24) is 4.90 Å². The molecule has 1 fully saturated rings. The number of rotatable bonds is 3. The van der Waals surface area contributed by atoms with Gasteiger partial charge in [-0.25, -0.2) is 0 Å². The first-order valence-electron chi connectivity index (χ1n) is 6.04. The number of halogens is 1. The Bertz CT molecular complexity index is 424. The van der Waals surface area contributed by atoms with Gasteiger partial charge in [-0.2, -0.15) is 0 Å². The van der Waals surface area contributed by atoms with Crippen molar-refractivity contribution in [2.24, 2.45) is 5.73 Å². The number of likely N-dealkylation sites (tertiary alicyclic amines) is 1. The molecule has 0 aliphatic carbocycles. The summed E-state index contributed by atoms with van der Waals surface area (Å²) < 4.78 is 1.02. The third-order valence-electron chi connectivity index (χ3n) is 3.54. The molecule has 2 rings (SSSR count). The van der Waals surface area contributed by atoms with E-state index in [4.69, 9.17) is 5.73 Å². The maximum absolute atomic E-state index is 11.8. The lowest BCUT2D eigenvalue weighted by Gasteiger charge is -2.39. The SMILES string of the molecule is CN1CCC(Nc2ccc(Br)cc2)(C(N)=O)CC1. The van der Waals surface area contributed by atoms with Crippen LogP contribution in [0, 0.1) is 0 Å². The van der Waals surface area contributed by atoms with E-state index in [-0.39, 0.29) is 5.91 Å². The third kappa shape index (κ3) is 2.84. The number of benzene rings is 1. The highest BCUT2D eigenvalue weighted by Gasteiger charge is 2.39. The van der Waals surface area contributed by atoms with E-state index < -0.39 is 5.54 Å². The van der Waals surface area contributed by atoms with Gasteiger partial charge in [0, 0.05) is 23.2 Å². The Labute approximate surface area is 116 Å². The summed E-state index contributed by atoms with van der Waals surface area (Å²) >= 11 is 3.39. The number of nitrogens with two attached hydrogens (primary N) is 1. The molecule has 1 saturated heterocycles. The van der Waals surface area contributed by atoms with Gasteiger partial charge in [0.25, 0.3) is 0 Å². The molecule has 1 aromatic rings. The summed E-state index contributed by atoms with van der Waals surface area (Å²) in [5.74, 6) is -0.265. The van der Waals surface area contributed by atoms with Crippen molar-refractivity contribution in [2.45, 2.75) is 18.4 Å². The summed E-state index contributed by atoms with van der Waals surface area (Å²) in [4.78, 5) is 14.0.